The Bertz CT molecular complexity index is 690. The van der Waals surface area contributed by atoms with Crippen LogP contribution in [0.5, 0.6) is 5.75 Å². The predicted octanol–water partition coefficient (Wildman–Crippen LogP) is 3.20. The largest absolute Gasteiger partial charge is 0.496 e. The van der Waals surface area contributed by atoms with E-state index in [1.165, 1.54) is 0 Å². The van der Waals surface area contributed by atoms with Gasteiger partial charge in [0.1, 0.15) is 11.8 Å². The number of ether oxygens (including phenoxy) is 1. The lowest BCUT2D eigenvalue weighted by molar-refractivity contribution is 0.412. The summed E-state index contributed by atoms with van der Waals surface area (Å²) >= 11 is 3.41. The number of nitrogens with zero attached hydrogens (tertiary/aromatic N) is 2. The molecule has 0 fully saturated rings. The van der Waals surface area contributed by atoms with E-state index in [4.69, 9.17) is 10.5 Å². The van der Waals surface area contributed by atoms with Crippen LogP contribution in [0.4, 0.5) is 0 Å². The molecular formula is C15H12BrN3O. The van der Waals surface area contributed by atoms with Crippen LogP contribution in [-0.2, 0) is 0 Å². The lowest BCUT2D eigenvalue weighted by Gasteiger charge is -2.09. The highest BCUT2D eigenvalue weighted by Gasteiger charge is 2.10. The molecule has 2 rings (SSSR count). The topological polar surface area (TPSA) is 71.9 Å². The molecule has 4 nitrogen and oxygen atoms in total. The Hall–Kier alpha value is -2.32. The summed E-state index contributed by atoms with van der Waals surface area (Å²) in [6.45, 7) is 0. The Labute approximate surface area is 125 Å². The first-order valence-electron chi connectivity index (χ1n) is 5.81. The predicted molar refractivity (Wildman–Crippen MR) is 81.5 cm³/mol. The van der Waals surface area contributed by atoms with Crippen LogP contribution in [0.3, 0.4) is 0 Å². The second-order valence-electron chi connectivity index (χ2n) is 3.99. The van der Waals surface area contributed by atoms with Gasteiger partial charge in [0.15, 0.2) is 0 Å². The van der Waals surface area contributed by atoms with Gasteiger partial charge in [-0.05, 0) is 51.8 Å². The number of hydrogen-bond acceptors (Lipinski definition) is 4. The molecule has 1 heterocycles. The van der Waals surface area contributed by atoms with Gasteiger partial charge in [0.2, 0.25) is 0 Å². The minimum atomic E-state index is 0.419. The number of nitrogens with two attached hydrogens (primary N) is 1. The number of rotatable bonds is 3. The molecule has 0 aliphatic carbocycles. The zero-order chi connectivity index (χ0) is 14.5. The summed E-state index contributed by atoms with van der Waals surface area (Å²) in [5.74, 6) is 0.712. The van der Waals surface area contributed by atoms with Crippen molar-refractivity contribution in [3.05, 3.63) is 58.3 Å². The number of aromatic nitrogens is 1. The molecule has 0 unspecified atom stereocenters. The highest BCUT2D eigenvalue weighted by Crippen LogP contribution is 2.29. The molecule has 5 heteroatoms. The number of methoxy groups -OCH3 is 1. The highest BCUT2D eigenvalue weighted by molar-refractivity contribution is 9.10. The maximum Gasteiger partial charge on any atom is 0.133 e. The Balaban J connectivity index is 2.52. The van der Waals surface area contributed by atoms with Crippen LogP contribution in [0.25, 0.3) is 11.3 Å². The van der Waals surface area contributed by atoms with Crippen molar-refractivity contribution in [2.45, 2.75) is 0 Å². The van der Waals surface area contributed by atoms with E-state index in [1.54, 1.807) is 37.7 Å². The van der Waals surface area contributed by atoms with Gasteiger partial charge in [-0.3, -0.25) is 4.98 Å². The number of allylic oxidation sites excluding steroid dienone is 1. The zero-order valence-electron chi connectivity index (χ0n) is 10.8. The monoisotopic (exact) mass is 329 g/mol. The maximum absolute atomic E-state index is 9.34. The third kappa shape index (κ3) is 2.81. The molecule has 2 N–H and O–H groups in total. The third-order valence-electron chi connectivity index (χ3n) is 2.81. The smallest absolute Gasteiger partial charge is 0.133 e. The first-order chi connectivity index (χ1) is 9.67. The number of benzene rings is 1. The van der Waals surface area contributed by atoms with Gasteiger partial charge in [-0.2, -0.15) is 5.26 Å². The van der Waals surface area contributed by atoms with Crippen molar-refractivity contribution in [3.8, 4) is 11.8 Å². The van der Waals surface area contributed by atoms with Crippen LogP contribution in [0.2, 0.25) is 0 Å². The molecule has 0 saturated carbocycles. The lowest BCUT2D eigenvalue weighted by atomic mass is 10.0. The molecule has 0 amide bonds. The van der Waals surface area contributed by atoms with Crippen molar-refractivity contribution in [1.29, 1.82) is 5.26 Å². The van der Waals surface area contributed by atoms with E-state index in [0.717, 1.165) is 15.6 Å². The van der Waals surface area contributed by atoms with E-state index in [2.05, 4.69) is 27.0 Å². The van der Waals surface area contributed by atoms with Gasteiger partial charge in [-0.15, -0.1) is 0 Å². The molecule has 0 radical (unpaired) electrons. The van der Waals surface area contributed by atoms with E-state index in [0.29, 0.717) is 17.0 Å². The van der Waals surface area contributed by atoms with Crippen LogP contribution in [0.15, 0.2) is 47.2 Å². The van der Waals surface area contributed by atoms with Crippen LogP contribution < -0.4 is 10.5 Å². The fourth-order valence-corrected chi connectivity index (χ4v) is 2.32. The number of pyridine rings is 1. The minimum Gasteiger partial charge on any atom is -0.496 e. The molecule has 20 heavy (non-hydrogen) atoms. The quantitative estimate of drug-likeness (QED) is 0.877. The lowest BCUT2D eigenvalue weighted by Crippen LogP contribution is -2.01. The molecule has 2 aromatic rings. The first-order valence-corrected chi connectivity index (χ1v) is 6.61. The molecule has 0 atom stereocenters. The summed E-state index contributed by atoms with van der Waals surface area (Å²) in [7, 11) is 1.59. The van der Waals surface area contributed by atoms with Crippen molar-refractivity contribution in [1.82, 2.24) is 4.98 Å². The molecule has 0 saturated heterocycles. The average molecular weight is 330 g/mol. The van der Waals surface area contributed by atoms with Crippen LogP contribution in [0, 0.1) is 11.3 Å². The van der Waals surface area contributed by atoms with Gasteiger partial charge in [0, 0.05) is 18.0 Å². The van der Waals surface area contributed by atoms with Gasteiger partial charge in [-0.25, -0.2) is 0 Å². The van der Waals surface area contributed by atoms with Crippen LogP contribution in [0.1, 0.15) is 11.1 Å². The summed E-state index contributed by atoms with van der Waals surface area (Å²) < 4.78 is 5.96. The summed E-state index contributed by atoms with van der Waals surface area (Å²) in [5.41, 5.74) is 8.45. The van der Waals surface area contributed by atoms with E-state index in [9.17, 15) is 5.26 Å². The van der Waals surface area contributed by atoms with E-state index in [-0.39, 0.29) is 0 Å². The van der Waals surface area contributed by atoms with Crippen LogP contribution >= 0.6 is 15.9 Å². The third-order valence-corrected chi connectivity index (χ3v) is 3.43. The standard InChI is InChI=1S/C15H12BrN3O/c1-20-14-3-2-11(8-13(14)16)15(18)12(9-17)10-4-6-19-7-5-10/h2-8H,18H2,1H3/b15-12+. The van der Waals surface area contributed by atoms with Crippen molar-refractivity contribution in [3.63, 3.8) is 0 Å². The second kappa shape index (κ2) is 6.22. The molecule has 1 aromatic carbocycles. The molecule has 0 spiro atoms. The number of hydrogen-bond donors (Lipinski definition) is 1. The molecule has 0 aliphatic rings. The average Bonchev–Trinajstić information content (AvgIpc) is 2.49. The minimum absolute atomic E-state index is 0.419. The van der Waals surface area contributed by atoms with Gasteiger partial charge >= 0.3 is 0 Å². The summed E-state index contributed by atoms with van der Waals surface area (Å²) in [6.07, 6.45) is 3.26. The number of halogens is 1. The Morgan fingerprint density at radius 1 is 1.25 bits per heavy atom. The SMILES string of the molecule is COc1ccc(/C(N)=C(/C#N)c2ccncc2)cc1Br. The Morgan fingerprint density at radius 2 is 1.95 bits per heavy atom. The fourth-order valence-electron chi connectivity index (χ4n) is 1.78. The van der Waals surface area contributed by atoms with E-state index in [1.807, 2.05) is 12.1 Å². The van der Waals surface area contributed by atoms with Gasteiger partial charge in [0.05, 0.1) is 22.9 Å². The van der Waals surface area contributed by atoms with Crippen molar-refractivity contribution < 1.29 is 4.74 Å². The first kappa shape index (κ1) is 14.1. The highest BCUT2D eigenvalue weighted by atomic mass is 79.9. The summed E-state index contributed by atoms with van der Waals surface area (Å²) in [6, 6.07) is 11.1. The van der Waals surface area contributed by atoms with E-state index < -0.39 is 0 Å². The molecule has 0 aliphatic heterocycles. The maximum atomic E-state index is 9.34. The normalized spacial score (nSPS) is 11.4. The Morgan fingerprint density at radius 3 is 2.50 bits per heavy atom. The second-order valence-corrected chi connectivity index (χ2v) is 4.84. The van der Waals surface area contributed by atoms with Gasteiger partial charge < -0.3 is 10.5 Å². The van der Waals surface area contributed by atoms with Crippen molar-refractivity contribution >= 4 is 27.2 Å². The van der Waals surface area contributed by atoms with Crippen molar-refractivity contribution in [2.75, 3.05) is 7.11 Å². The Kier molecular flexibility index (Phi) is 4.38. The molecule has 100 valence electrons. The number of nitriles is 1. The van der Waals surface area contributed by atoms with E-state index >= 15 is 0 Å². The molecule has 1 aromatic heterocycles. The fraction of sp³-hybridized carbons (Fsp3) is 0.0667. The van der Waals surface area contributed by atoms with Crippen molar-refractivity contribution in [2.24, 2.45) is 5.73 Å². The summed E-state index contributed by atoms with van der Waals surface area (Å²) in [5, 5.41) is 9.34. The molecular weight excluding hydrogens is 318 g/mol. The summed E-state index contributed by atoms with van der Waals surface area (Å²) in [4.78, 5) is 3.93. The van der Waals surface area contributed by atoms with Gasteiger partial charge in [-0.1, -0.05) is 0 Å². The zero-order valence-corrected chi connectivity index (χ0v) is 12.4. The van der Waals surface area contributed by atoms with Crippen LogP contribution in [-0.4, -0.2) is 12.1 Å². The van der Waals surface area contributed by atoms with Gasteiger partial charge in [0.25, 0.3) is 0 Å². The molecule has 0 bridgehead atoms.